The van der Waals surface area contributed by atoms with E-state index in [4.69, 9.17) is 10.5 Å². The second-order valence-corrected chi connectivity index (χ2v) is 5.78. The van der Waals surface area contributed by atoms with Crippen molar-refractivity contribution >= 4 is 53.4 Å². The number of carbonyl (C=O) groups excluding carboxylic acids is 1. The first-order valence-electron chi connectivity index (χ1n) is 6.73. The zero-order valence-electron chi connectivity index (χ0n) is 13.0. The van der Waals surface area contributed by atoms with Crippen LogP contribution in [-0.2, 0) is 11.2 Å². The van der Waals surface area contributed by atoms with Crippen molar-refractivity contribution in [1.82, 2.24) is 4.98 Å². The van der Waals surface area contributed by atoms with Gasteiger partial charge in [0.1, 0.15) is 5.75 Å². The summed E-state index contributed by atoms with van der Waals surface area (Å²) >= 11 is 1.63. The van der Waals surface area contributed by atoms with E-state index in [0.717, 1.165) is 23.5 Å². The molecule has 1 aromatic carbocycles. The molecule has 1 heterocycles. The van der Waals surface area contributed by atoms with Gasteiger partial charge in [-0.1, -0.05) is 0 Å². The van der Waals surface area contributed by atoms with E-state index in [1.807, 2.05) is 12.3 Å². The predicted octanol–water partition coefficient (Wildman–Crippen LogP) is 3.85. The highest BCUT2D eigenvalue weighted by Crippen LogP contribution is 2.24. The molecule has 23 heavy (non-hydrogen) atoms. The fraction of sp³-hybridized carbons (Fsp3) is 0.333. The SMILES string of the molecule is COc1ccc(NC(=O)CCCc2csc(C)n2)cc1N.Cl.Cl. The minimum absolute atomic E-state index is 0. The molecular formula is C15H21Cl2N3O2S. The molecule has 1 aromatic heterocycles. The Bertz CT molecular complexity index is 635. The Morgan fingerprint density at radius 3 is 2.70 bits per heavy atom. The van der Waals surface area contributed by atoms with Crippen LogP contribution in [0.15, 0.2) is 23.6 Å². The number of nitrogens with two attached hydrogens (primary N) is 1. The Balaban J connectivity index is 0.00000242. The average molecular weight is 378 g/mol. The van der Waals surface area contributed by atoms with E-state index in [2.05, 4.69) is 10.3 Å². The fourth-order valence-electron chi connectivity index (χ4n) is 1.99. The van der Waals surface area contributed by atoms with Gasteiger partial charge in [-0.15, -0.1) is 36.2 Å². The largest absolute Gasteiger partial charge is 0.495 e. The van der Waals surface area contributed by atoms with Crippen molar-refractivity contribution in [2.24, 2.45) is 0 Å². The molecule has 0 fully saturated rings. The summed E-state index contributed by atoms with van der Waals surface area (Å²) in [5.74, 6) is 0.582. The lowest BCUT2D eigenvalue weighted by Gasteiger charge is -2.08. The highest BCUT2D eigenvalue weighted by molar-refractivity contribution is 7.09. The first-order chi connectivity index (χ1) is 10.1. The lowest BCUT2D eigenvalue weighted by molar-refractivity contribution is -0.116. The quantitative estimate of drug-likeness (QED) is 0.749. The van der Waals surface area contributed by atoms with Crippen LogP contribution in [-0.4, -0.2) is 18.0 Å². The molecule has 0 aliphatic carbocycles. The monoisotopic (exact) mass is 377 g/mol. The van der Waals surface area contributed by atoms with Crippen molar-refractivity contribution in [2.75, 3.05) is 18.2 Å². The van der Waals surface area contributed by atoms with Gasteiger partial charge in [-0.3, -0.25) is 4.79 Å². The van der Waals surface area contributed by atoms with Crippen molar-refractivity contribution in [2.45, 2.75) is 26.2 Å². The van der Waals surface area contributed by atoms with E-state index in [9.17, 15) is 4.79 Å². The van der Waals surface area contributed by atoms with Crippen LogP contribution >= 0.6 is 36.2 Å². The first-order valence-corrected chi connectivity index (χ1v) is 7.61. The smallest absolute Gasteiger partial charge is 0.224 e. The van der Waals surface area contributed by atoms with E-state index < -0.39 is 0 Å². The van der Waals surface area contributed by atoms with Crippen LogP contribution in [0.25, 0.3) is 0 Å². The highest BCUT2D eigenvalue weighted by Gasteiger charge is 2.06. The lowest BCUT2D eigenvalue weighted by atomic mass is 10.2. The van der Waals surface area contributed by atoms with Gasteiger partial charge in [0.2, 0.25) is 5.91 Å². The second-order valence-electron chi connectivity index (χ2n) is 4.72. The molecule has 8 heteroatoms. The number of anilines is 2. The maximum absolute atomic E-state index is 11.9. The number of nitrogen functional groups attached to an aromatic ring is 1. The Labute approximate surface area is 152 Å². The van der Waals surface area contributed by atoms with Crippen molar-refractivity contribution in [3.63, 3.8) is 0 Å². The van der Waals surface area contributed by atoms with E-state index in [1.165, 1.54) is 0 Å². The molecule has 0 saturated heterocycles. The molecule has 2 rings (SSSR count). The van der Waals surface area contributed by atoms with Gasteiger partial charge in [-0.05, 0) is 38.0 Å². The number of benzene rings is 1. The van der Waals surface area contributed by atoms with Crippen LogP contribution in [0.3, 0.4) is 0 Å². The summed E-state index contributed by atoms with van der Waals surface area (Å²) in [5.41, 5.74) is 8.05. The third-order valence-electron chi connectivity index (χ3n) is 3.02. The molecule has 0 unspecified atom stereocenters. The van der Waals surface area contributed by atoms with Crippen LogP contribution < -0.4 is 15.8 Å². The number of thiazole rings is 1. The van der Waals surface area contributed by atoms with Crippen LogP contribution in [0, 0.1) is 6.92 Å². The highest BCUT2D eigenvalue weighted by atomic mass is 35.5. The molecule has 0 bridgehead atoms. The number of hydrogen-bond acceptors (Lipinski definition) is 5. The molecule has 0 aliphatic heterocycles. The molecule has 3 N–H and O–H groups in total. The molecule has 5 nitrogen and oxygen atoms in total. The Morgan fingerprint density at radius 1 is 1.39 bits per heavy atom. The summed E-state index contributed by atoms with van der Waals surface area (Å²) in [6.07, 6.45) is 2.06. The third kappa shape index (κ3) is 6.64. The number of halogens is 2. The van der Waals surface area contributed by atoms with E-state index in [1.54, 1.807) is 36.6 Å². The van der Waals surface area contributed by atoms with Crippen LogP contribution in [0.4, 0.5) is 11.4 Å². The summed E-state index contributed by atoms with van der Waals surface area (Å²) in [5, 5.41) is 5.93. The van der Waals surface area contributed by atoms with Gasteiger partial charge in [0.05, 0.1) is 23.5 Å². The van der Waals surface area contributed by atoms with Gasteiger partial charge < -0.3 is 15.8 Å². The number of hydrogen-bond donors (Lipinski definition) is 2. The van der Waals surface area contributed by atoms with Crippen molar-refractivity contribution in [1.29, 1.82) is 0 Å². The fourth-order valence-corrected chi connectivity index (χ4v) is 2.64. The summed E-state index contributed by atoms with van der Waals surface area (Å²) in [6, 6.07) is 5.21. The number of aromatic nitrogens is 1. The molecular weight excluding hydrogens is 357 g/mol. The van der Waals surface area contributed by atoms with Gasteiger partial charge >= 0.3 is 0 Å². The number of methoxy groups -OCH3 is 1. The molecule has 128 valence electrons. The molecule has 0 spiro atoms. The van der Waals surface area contributed by atoms with Gasteiger partial charge in [-0.2, -0.15) is 0 Å². The van der Waals surface area contributed by atoms with Crippen molar-refractivity contribution < 1.29 is 9.53 Å². The van der Waals surface area contributed by atoms with Gasteiger partial charge in [0.25, 0.3) is 0 Å². The van der Waals surface area contributed by atoms with Crippen LogP contribution in [0.5, 0.6) is 5.75 Å². The number of aryl methyl sites for hydroxylation is 2. The maximum atomic E-state index is 11.9. The third-order valence-corrected chi connectivity index (χ3v) is 3.84. The molecule has 0 radical (unpaired) electrons. The molecule has 0 aliphatic rings. The Morgan fingerprint density at radius 2 is 2.13 bits per heavy atom. The lowest BCUT2D eigenvalue weighted by Crippen LogP contribution is -2.11. The number of nitrogens with zero attached hydrogens (tertiary/aromatic N) is 1. The minimum atomic E-state index is -0.0217. The van der Waals surface area contributed by atoms with Crippen LogP contribution in [0.2, 0.25) is 0 Å². The number of rotatable bonds is 6. The summed E-state index contributed by atoms with van der Waals surface area (Å²) in [6.45, 7) is 1.98. The first kappa shape index (κ1) is 21.5. The molecule has 0 atom stereocenters. The molecule has 1 amide bonds. The van der Waals surface area contributed by atoms with Gasteiger partial charge in [-0.25, -0.2) is 4.98 Å². The Kier molecular flexibility index (Phi) is 9.64. The summed E-state index contributed by atoms with van der Waals surface area (Å²) in [7, 11) is 1.56. The number of carbonyl (C=O) groups is 1. The van der Waals surface area contributed by atoms with Gasteiger partial charge in [0.15, 0.2) is 0 Å². The number of amides is 1. The zero-order chi connectivity index (χ0) is 15.2. The van der Waals surface area contributed by atoms with Crippen LogP contribution in [0.1, 0.15) is 23.5 Å². The average Bonchev–Trinajstić information content (AvgIpc) is 2.84. The Hall–Kier alpha value is -1.50. The minimum Gasteiger partial charge on any atom is -0.495 e. The summed E-state index contributed by atoms with van der Waals surface area (Å²) < 4.78 is 5.08. The molecule has 2 aromatic rings. The van der Waals surface area contributed by atoms with Crippen molar-refractivity contribution in [3.8, 4) is 5.75 Å². The van der Waals surface area contributed by atoms with Crippen molar-refractivity contribution in [3.05, 3.63) is 34.3 Å². The standard InChI is InChI=1S/C15H19N3O2S.2ClH/c1-10-17-12(9-21-10)4-3-5-15(19)18-11-6-7-14(20-2)13(16)8-11;;/h6-9H,3-5,16H2,1-2H3,(H,18,19);2*1H. The second kappa shape index (κ2) is 10.3. The molecule has 0 saturated carbocycles. The topological polar surface area (TPSA) is 77.2 Å². The maximum Gasteiger partial charge on any atom is 0.224 e. The van der Waals surface area contributed by atoms with E-state index in [-0.39, 0.29) is 30.7 Å². The predicted molar refractivity (Wildman–Crippen MR) is 100 cm³/mol. The number of ether oxygens (including phenoxy) is 1. The normalized spacial score (nSPS) is 9.48. The number of nitrogens with one attached hydrogen (secondary N) is 1. The van der Waals surface area contributed by atoms with E-state index in [0.29, 0.717) is 23.5 Å². The zero-order valence-corrected chi connectivity index (χ0v) is 15.4. The van der Waals surface area contributed by atoms with Gasteiger partial charge in [0, 0.05) is 17.5 Å². The van der Waals surface area contributed by atoms with E-state index >= 15 is 0 Å². The summed E-state index contributed by atoms with van der Waals surface area (Å²) in [4.78, 5) is 16.3.